The Bertz CT molecular complexity index is 485. The lowest BCUT2D eigenvalue weighted by Gasteiger charge is -2.00. The van der Waals surface area contributed by atoms with Gasteiger partial charge in [0.2, 0.25) is 0 Å². The van der Waals surface area contributed by atoms with E-state index in [-0.39, 0.29) is 5.78 Å². The number of hydrogen-bond acceptors (Lipinski definition) is 1. The van der Waals surface area contributed by atoms with Gasteiger partial charge in [-0.15, -0.1) is 0 Å². The van der Waals surface area contributed by atoms with Crippen molar-refractivity contribution in [3.05, 3.63) is 47.2 Å². The highest BCUT2D eigenvalue weighted by Crippen LogP contribution is 2.25. The molecule has 0 fully saturated rings. The number of nitrogens with one attached hydrogen (secondary N) is 1. The van der Waals surface area contributed by atoms with Gasteiger partial charge in [-0.3, -0.25) is 4.79 Å². The molecule has 0 saturated carbocycles. The second kappa shape index (κ2) is 3.91. The van der Waals surface area contributed by atoms with Gasteiger partial charge < -0.3 is 4.98 Å². The Kier molecular flexibility index (Phi) is 2.60. The molecule has 0 aliphatic rings. The molecule has 15 heavy (non-hydrogen) atoms. The lowest BCUT2D eigenvalue weighted by Crippen LogP contribution is -1.91. The van der Waals surface area contributed by atoms with E-state index in [0.29, 0.717) is 10.6 Å². The van der Waals surface area contributed by atoms with Crippen LogP contribution < -0.4 is 0 Å². The number of aromatic amines is 1. The van der Waals surface area contributed by atoms with Crippen LogP contribution in [0.5, 0.6) is 0 Å². The van der Waals surface area contributed by atoms with Gasteiger partial charge in [0.05, 0.1) is 0 Å². The summed E-state index contributed by atoms with van der Waals surface area (Å²) in [4.78, 5) is 14.3. The zero-order valence-corrected chi connectivity index (χ0v) is 9.01. The molecule has 0 radical (unpaired) electrons. The van der Waals surface area contributed by atoms with Gasteiger partial charge in [-0.05, 0) is 24.6 Å². The van der Waals surface area contributed by atoms with Crippen LogP contribution in [0, 0.1) is 0 Å². The van der Waals surface area contributed by atoms with Crippen molar-refractivity contribution in [2.75, 3.05) is 0 Å². The minimum atomic E-state index is 0.0567. The molecule has 2 nitrogen and oxygen atoms in total. The van der Waals surface area contributed by atoms with Crippen LogP contribution in [0.15, 0.2) is 36.7 Å². The van der Waals surface area contributed by atoms with Crippen LogP contribution >= 0.6 is 11.6 Å². The van der Waals surface area contributed by atoms with Crippen molar-refractivity contribution < 1.29 is 4.79 Å². The molecule has 1 aromatic heterocycles. The first-order chi connectivity index (χ1) is 7.18. The maximum atomic E-state index is 11.3. The lowest BCUT2D eigenvalue weighted by molar-refractivity contribution is 0.101. The zero-order chi connectivity index (χ0) is 10.8. The second-order valence-electron chi connectivity index (χ2n) is 3.35. The third-order valence-corrected chi connectivity index (χ3v) is 2.53. The van der Waals surface area contributed by atoms with Crippen LogP contribution in [0.1, 0.15) is 17.3 Å². The van der Waals surface area contributed by atoms with Gasteiger partial charge in [-0.25, -0.2) is 0 Å². The fourth-order valence-electron chi connectivity index (χ4n) is 1.52. The van der Waals surface area contributed by atoms with E-state index < -0.39 is 0 Å². The quantitative estimate of drug-likeness (QED) is 0.770. The summed E-state index contributed by atoms with van der Waals surface area (Å²) in [5, 5.41) is 0.693. The number of aromatic nitrogens is 1. The van der Waals surface area contributed by atoms with Crippen LogP contribution in [0.3, 0.4) is 0 Å². The molecule has 1 aromatic carbocycles. The molecule has 0 unspecified atom stereocenters. The topological polar surface area (TPSA) is 32.9 Å². The van der Waals surface area contributed by atoms with Crippen molar-refractivity contribution >= 4 is 17.4 Å². The van der Waals surface area contributed by atoms with Crippen molar-refractivity contribution in [2.45, 2.75) is 6.92 Å². The molecule has 0 atom stereocenters. The summed E-state index contributed by atoms with van der Waals surface area (Å²) in [6.45, 7) is 1.56. The molecular weight excluding hydrogens is 210 g/mol. The summed E-state index contributed by atoms with van der Waals surface area (Å²) in [5.74, 6) is 0.0567. The molecule has 76 valence electrons. The highest BCUT2D eigenvalue weighted by Gasteiger charge is 2.09. The number of halogens is 1. The van der Waals surface area contributed by atoms with Gasteiger partial charge in [0, 0.05) is 28.5 Å². The van der Waals surface area contributed by atoms with Gasteiger partial charge in [0.15, 0.2) is 5.78 Å². The Balaban J connectivity index is 2.49. The highest BCUT2D eigenvalue weighted by molar-refractivity contribution is 6.30. The number of benzene rings is 1. The van der Waals surface area contributed by atoms with Gasteiger partial charge in [-0.2, -0.15) is 0 Å². The van der Waals surface area contributed by atoms with Crippen LogP contribution in [-0.4, -0.2) is 10.8 Å². The molecule has 0 spiro atoms. The number of ketones is 1. The van der Waals surface area contributed by atoms with E-state index >= 15 is 0 Å². The number of carbonyl (C=O) groups is 1. The Hall–Kier alpha value is -1.54. The van der Waals surface area contributed by atoms with Gasteiger partial charge in [0.1, 0.15) is 0 Å². The molecule has 1 heterocycles. The van der Waals surface area contributed by atoms with E-state index in [2.05, 4.69) is 4.98 Å². The van der Waals surface area contributed by atoms with E-state index in [4.69, 9.17) is 11.6 Å². The first kappa shape index (κ1) is 9.99. The SMILES string of the molecule is CC(=O)c1c[nH]cc1-c1ccc(Cl)cc1. The maximum absolute atomic E-state index is 11.3. The number of hydrogen-bond donors (Lipinski definition) is 1. The van der Waals surface area contributed by atoms with Gasteiger partial charge in [-0.1, -0.05) is 23.7 Å². The summed E-state index contributed by atoms with van der Waals surface area (Å²) < 4.78 is 0. The van der Waals surface area contributed by atoms with E-state index in [0.717, 1.165) is 11.1 Å². The van der Waals surface area contributed by atoms with Crippen molar-refractivity contribution in [1.29, 1.82) is 0 Å². The van der Waals surface area contributed by atoms with Crippen LogP contribution in [-0.2, 0) is 0 Å². The summed E-state index contributed by atoms with van der Waals surface area (Å²) in [7, 11) is 0. The van der Waals surface area contributed by atoms with Gasteiger partial charge in [0.25, 0.3) is 0 Å². The smallest absolute Gasteiger partial charge is 0.161 e. The molecule has 1 N–H and O–H groups in total. The first-order valence-corrected chi connectivity index (χ1v) is 5.00. The highest BCUT2D eigenvalue weighted by atomic mass is 35.5. The zero-order valence-electron chi connectivity index (χ0n) is 8.25. The summed E-state index contributed by atoms with van der Waals surface area (Å²) in [6, 6.07) is 7.43. The monoisotopic (exact) mass is 219 g/mol. The Labute approximate surface area is 92.9 Å². The standard InChI is InChI=1S/C12H10ClNO/c1-8(15)11-6-14-7-12(11)9-2-4-10(13)5-3-9/h2-7,14H,1H3. The molecule has 3 heteroatoms. The van der Waals surface area contributed by atoms with E-state index in [9.17, 15) is 4.79 Å². The van der Waals surface area contributed by atoms with Crippen LogP contribution in [0.25, 0.3) is 11.1 Å². The van der Waals surface area contributed by atoms with Gasteiger partial charge >= 0.3 is 0 Å². The molecular formula is C12H10ClNO. The summed E-state index contributed by atoms with van der Waals surface area (Å²) in [5.41, 5.74) is 2.61. The van der Waals surface area contributed by atoms with Crippen molar-refractivity contribution in [3.8, 4) is 11.1 Å². The third kappa shape index (κ3) is 1.95. The molecule has 0 aliphatic carbocycles. The molecule has 0 bridgehead atoms. The van der Waals surface area contributed by atoms with E-state index in [1.807, 2.05) is 30.5 Å². The van der Waals surface area contributed by atoms with Crippen LogP contribution in [0.2, 0.25) is 5.02 Å². The van der Waals surface area contributed by atoms with Crippen molar-refractivity contribution in [1.82, 2.24) is 4.98 Å². The second-order valence-corrected chi connectivity index (χ2v) is 3.78. The molecule has 0 saturated heterocycles. The average Bonchev–Trinajstić information content (AvgIpc) is 2.67. The number of Topliss-reactive ketones (excluding diaryl/α,β-unsaturated/α-hetero) is 1. The Morgan fingerprint density at radius 2 is 1.87 bits per heavy atom. The number of carbonyl (C=O) groups excluding carboxylic acids is 1. The fraction of sp³-hybridized carbons (Fsp3) is 0.0833. The molecule has 0 aliphatic heterocycles. The molecule has 0 amide bonds. The largest absolute Gasteiger partial charge is 0.366 e. The lowest BCUT2D eigenvalue weighted by atomic mass is 10.0. The van der Waals surface area contributed by atoms with Crippen molar-refractivity contribution in [2.24, 2.45) is 0 Å². The molecule has 2 rings (SSSR count). The predicted molar refractivity (Wildman–Crippen MR) is 61.2 cm³/mol. The normalized spacial score (nSPS) is 10.3. The van der Waals surface area contributed by atoms with E-state index in [1.165, 1.54) is 0 Å². The molecule has 2 aromatic rings. The number of H-pyrrole nitrogens is 1. The Morgan fingerprint density at radius 3 is 2.47 bits per heavy atom. The van der Waals surface area contributed by atoms with Crippen molar-refractivity contribution in [3.63, 3.8) is 0 Å². The van der Waals surface area contributed by atoms with E-state index in [1.54, 1.807) is 13.1 Å². The Morgan fingerprint density at radius 1 is 1.20 bits per heavy atom. The average molecular weight is 220 g/mol. The van der Waals surface area contributed by atoms with Crippen LogP contribution in [0.4, 0.5) is 0 Å². The third-order valence-electron chi connectivity index (χ3n) is 2.28. The first-order valence-electron chi connectivity index (χ1n) is 4.62. The summed E-state index contributed by atoms with van der Waals surface area (Å²) in [6.07, 6.45) is 3.53. The predicted octanol–water partition coefficient (Wildman–Crippen LogP) is 3.54. The summed E-state index contributed by atoms with van der Waals surface area (Å²) >= 11 is 5.80. The minimum Gasteiger partial charge on any atom is -0.366 e. The minimum absolute atomic E-state index is 0.0567. The maximum Gasteiger partial charge on any atom is 0.161 e. The number of rotatable bonds is 2. The fourth-order valence-corrected chi connectivity index (χ4v) is 1.65.